The minimum Gasteiger partial charge on any atom is -1.00 e. The first-order valence-corrected chi connectivity index (χ1v) is 18.0. The van der Waals surface area contributed by atoms with Crippen LogP contribution in [0.4, 0.5) is 0 Å². The second kappa shape index (κ2) is 13.7. The summed E-state index contributed by atoms with van der Waals surface area (Å²) in [6, 6.07) is 28.2. The van der Waals surface area contributed by atoms with Crippen molar-refractivity contribution in [3.63, 3.8) is 0 Å². The quantitative estimate of drug-likeness (QED) is 0.162. The normalized spacial score (nSPS) is 18.2. The average molecular weight is 634 g/mol. The fourth-order valence-electron chi connectivity index (χ4n) is 5.96. The molecule has 0 saturated carbocycles. The summed E-state index contributed by atoms with van der Waals surface area (Å²) in [5.74, 6) is 0. The van der Waals surface area contributed by atoms with Crippen molar-refractivity contribution in [2.45, 2.75) is 66.2 Å². The van der Waals surface area contributed by atoms with Gasteiger partial charge in [-0.25, -0.2) is 5.57 Å². The van der Waals surface area contributed by atoms with E-state index >= 15 is 0 Å². The van der Waals surface area contributed by atoms with Crippen molar-refractivity contribution >= 4 is 36.9 Å². The Morgan fingerprint density at radius 2 is 1.13 bits per heavy atom. The van der Waals surface area contributed by atoms with E-state index < -0.39 is 16.1 Å². The van der Waals surface area contributed by atoms with Crippen LogP contribution in [0.5, 0.6) is 0 Å². The Balaban J connectivity index is 0.00000342. The zero-order chi connectivity index (χ0) is 24.9. The molecule has 0 aliphatic heterocycles. The maximum atomic E-state index is 4.08. The van der Waals surface area contributed by atoms with E-state index in [0.717, 1.165) is 0 Å². The molecule has 0 aromatic heterocycles. The van der Waals surface area contributed by atoms with Crippen LogP contribution in [0.1, 0.15) is 38.8 Å². The Morgan fingerprint density at radius 3 is 1.63 bits per heavy atom. The molecule has 1 aliphatic rings. The molecule has 0 radical (unpaired) electrons. The smallest absolute Gasteiger partial charge is 1.00 e. The maximum Gasteiger partial charge on any atom is 4.00 e. The first-order chi connectivity index (χ1) is 15.9. The minimum atomic E-state index is -2.60. The molecular formula is C32H39Cl3Si2Ti. The number of hydrogen-bond acceptors (Lipinski definition) is 0. The Labute approximate surface area is 266 Å². The van der Waals surface area contributed by atoms with Crippen molar-refractivity contribution in [3.8, 4) is 0 Å². The Kier molecular flexibility index (Phi) is 13.4. The number of allylic oxidation sites excluding steroid dienone is 4. The largest absolute Gasteiger partial charge is 4.00 e. The van der Waals surface area contributed by atoms with E-state index in [1.54, 1.807) is 5.19 Å². The van der Waals surface area contributed by atoms with E-state index in [0.29, 0.717) is 0 Å². The van der Waals surface area contributed by atoms with Crippen LogP contribution >= 0.6 is 0 Å². The van der Waals surface area contributed by atoms with Crippen LogP contribution in [0, 0.1) is 19.9 Å². The van der Waals surface area contributed by atoms with Crippen molar-refractivity contribution in [1.29, 1.82) is 0 Å². The summed E-state index contributed by atoms with van der Waals surface area (Å²) < 4.78 is 0. The molecule has 0 fully saturated rings. The molecule has 200 valence electrons. The van der Waals surface area contributed by atoms with Gasteiger partial charge in [0.2, 0.25) is 0 Å². The van der Waals surface area contributed by atoms with Crippen molar-refractivity contribution in [1.82, 2.24) is 0 Å². The van der Waals surface area contributed by atoms with Crippen LogP contribution in [-0.4, -0.2) is 16.1 Å². The van der Waals surface area contributed by atoms with Gasteiger partial charge in [-0.15, -0.1) is 6.92 Å². The van der Waals surface area contributed by atoms with Gasteiger partial charge in [-0.2, -0.15) is 11.1 Å². The van der Waals surface area contributed by atoms with Crippen molar-refractivity contribution in [2.75, 3.05) is 0 Å². The van der Waals surface area contributed by atoms with E-state index in [4.69, 9.17) is 0 Å². The number of aryl methyl sites for hydroxylation is 2. The second-order valence-corrected chi connectivity index (χ2v) is 20.8. The summed E-state index contributed by atoms with van der Waals surface area (Å²) in [4.78, 5) is 0. The van der Waals surface area contributed by atoms with E-state index in [9.17, 15) is 0 Å². The van der Waals surface area contributed by atoms with E-state index in [1.807, 2.05) is 0 Å². The van der Waals surface area contributed by atoms with Crippen LogP contribution in [-0.2, 0) is 21.7 Å². The maximum absolute atomic E-state index is 4.08. The summed E-state index contributed by atoms with van der Waals surface area (Å²) in [6.45, 7) is 21.3. The molecule has 0 bridgehead atoms. The van der Waals surface area contributed by atoms with E-state index in [2.05, 4.69) is 140 Å². The van der Waals surface area contributed by atoms with Crippen LogP contribution < -0.4 is 58.0 Å². The number of halogens is 3. The SMILES string of the molecule is CC1=[C-]C(C)([Si](c2ccccc2)(c2cccc(C)c2)c2cc(C)cc([Si](C)(C)C)c2)C(C)=C1C.[Cl-].[Cl-].[Cl-].[Ti+4]. The van der Waals surface area contributed by atoms with Gasteiger partial charge in [0, 0.05) is 0 Å². The third kappa shape index (κ3) is 6.23. The first-order valence-electron chi connectivity index (χ1n) is 12.5. The summed E-state index contributed by atoms with van der Waals surface area (Å²) >= 11 is 0. The monoisotopic (exact) mass is 632 g/mol. The minimum absolute atomic E-state index is 0. The third-order valence-corrected chi connectivity index (χ3v) is 15.6. The Bertz CT molecular complexity index is 1310. The van der Waals surface area contributed by atoms with Gasteiger partial charge in [0.25, 0.3) is 0 Å². The average Bonchev–Trinajstić information content (AvgIpc) is 2.97. The molecule has 4 rings (SSSR count). The molecule has 2 unspecified atom stereocenters. The molecule has 0 saturated heterocycles. The van der Waals surface area contributed by atoms with Crippen molar-refractivity contribution < 1.29 is 58.9 Å². The summed E-state index contributed by atoms with van der Waals surface area (Å²) in [5, 5.41) is 5.82. The van der Waals surface area contributed by atoms with Gasteiger partial charge >= 0.3 is 21.7 Å². The van der Waals surface area contributed by atoms with Crippen molar-refractivity contribution in [2.24, 2.45) is 0 Å². The Morgan fingerprint density at radius 1 is 0.605 bits per heavy atom. The summed E-state index contributed by atoms with van der Waals surface area (Å²) in [7, 11) is -4.11. The van der Waals surface area contributed by atoms with Gasteiger partial charge in [0.1, 0.15) is 8.07 Å². The Hall–Kier alpha value is -0.842. The molecule has 38 heavy (non-hydrogen) atoms. The molecule has 0 spiro atoms. The number of benzene rings is 3. The molecular weight excluding hydrogens is 595 g/mol. The van der Waals surface area contributed by atoms with E-state index in [-0.39, 0.29) is 64.0 Å². The molecule has 3 aromatic rings. The standard InChI is InChI=1S/C32H39Si2.3ClH.Ti/c1-23-14-13-17-29(18-23)34(28-15-11-10-12-16-28,32(6)22-25(3)26(4)27(32)5)31-20-24(2)19-30(21-31)33(7,8)9;;;;/h10-21H,1-9H3;3*1H;/q-1;;;;+4/p-3. The van der Waals surface area contributed by atoms with Gasteiger partial charge in [-0.3, -0.25) is 6.08 Å². The van der Waals surface area contributed by atoms with Crippen LogP contribution in [0.3, 0.4) is 0 Å². The van der Waals surface area contributed by atoms with Gasteiger partial charge in [0.05, 0.1) is 8.07 Å². The molecule has 0 N–H and O–H groups in total. The predicted octanol–water partition coefficient (Wildman–Crippen LogP) is -2.81. The molecule has 0 amide bonds. The molecule has 6 heteroatoms. The zero-order valence-corrected chi connectivity index (χ0v) is 29.9. The number of rotatable bonds is 5. The fourth-order valence-corrected chi connectivity index (χ4v) is 13.5. The zero-order valence-electron chi connectivity index (χ0n) is 24.1. The summed E-state index contributed by atoms with van der Waals surface area (Å²) in [5.41, 5.74) is 6.87. The fraction of sp³-hybridized carbons (Fsp3) is 0.312. The van der Waals surface area contributed by atoms with Gasteiger partial charge < -0.3 is 37.2 Å². The summed E-state index contributed by atoms with van der Waals surface area (Å²) in [6.07, 6.45) is 4.08. The predicted molar refractivity (Wildman–Crippen MR) is 156 cm³/mol. The molecule has 0 nitrogen and oxygen atoms in total. The molecule has 3 aromatic carbocycles. The molecule has 2 atom stereocenters. The first kappa shape index (κ1) is 37.2. The van der Waals surface area contributed by atoms with Crippen LogP contribution in [0.25, 0.3) is 0 Å². The van der Waals surface area contributed by atoms with Gasteiger partial charge in [-0.1, -0.05) is 135 Å². The molecule has 0 heterocycles. The van der Waals surface area contributed by atoms with Crippen LogP contribution in [0.15, 0.2) is 89.5 Å². The topological polar surface area (TPSA) is 0 Å². The van der Waals surface area contributed by atoms with Gasteiger partial charge in [0.15, 0.2) is 0 Å². The third-order valence-electron chi connectivity index (χ3n) is 8.10. The molecule has 1 aliphatic carbocycles. The van der Waals surface area contributed by atoms with Gasteiger partial charge in [-0.05, 0) is 29.4 Å². The number of hydrogen-bond donors (Lipinski definition) is 0. The van der Waals surface area contributed by atoms with E-state index in [1.165, 1.54) is 43.4 Å². The second-order valence-electron chi connectivity index (χ2n) is 11.4. The van der Waals surface area contributed by atoms with Crippen LogP contribution in [0.2, 0.25) is 24.7 Å². The van der Waals surface area contributed by atoms with Crippen molar-refractivity contribution in [3.05, 3.63) is 107 Å².